The molecule has 11 aromatic carbocycles. The highest BCUT2D eigenvalue weighted by molar-refractivity contribution is 6.15. The largest absolute Gasteiger partial charge is 0.455 e. The minimum atomic E-state index is -0.139. The Bertz CT molecular complexity index is 3840. The van der Waals surface area contributed by atoms with Gasteiger partial charge in [-0.1, -0.05) is 182 Å². The number of nitrogens with zero attached hydrogens (tertiary/aromatic N) is 1. The molecule has 0 aliphatic heterocycles. The lowest BCUT2D eigenvalue weighted by molar-refractivity contribution is 0.672. The minimum Gasteiger partial charge on any atom is -0.455 e. The maximum atomic E-state index is 9.75. The summed E-state index contributed by atoms with van der Waals surface area (Å²) in [6, 6.07) is 71.4. The van der Waals surface area contributed by atoms with Gasteiger partial charge in [0.05, 0.1) is 11.2 Å². The molecule has 0 atom stereocenters. The van der Waals surface area contributed by atoms with E-state index in [1.165, 1.54) is 5.39 Å². The van der Waals surface area contributed by atoms with Crippen molar-refractivity contribution >= 4 is 71.3 Å². The number of furan rings is 1. The van der Waals surface area contributed by atoms with Gasteiger partial charge in [0.25, 0.3) is 0 Å². The molecule has 0 N–H and O–H groups in total. The first-order chi connectivity index (χ1) is 32.4. The van der Waals surface area contributed by atoms with Crippen LogP contribution in [0.15, 0.2) is 241 Å². The molecule has 0 saturated heterocycles. The second kappa shape index (κ2) is 14.8. The van der Waals surface area contributed by atoms with Crippen LogP contribution in [-0.4, -0.2) is 0 Å². The molecule has 0 bridgehead atoms. The van der Waals surface area contributed by atoms with Gasteiger partial charge in [-0.2, -0.15) is 0 Å². The van der Waals surface area contributed by atoms with E-state index in [-0.39, 0.29) is 35.4 Å². The van der Waals surface area contributed by atoms with Crippen LogP contribution in [-0.2, 0) is 0 Å². The van der Waals surface area contributed by atoms with Crippen LogP contribution in [0.1, 0.15) is 5.48 Å². The molecule has 0 spiro atoms. The molecule has 2 heteroatoms. The van der Waals surface area contributed by atoms with E-state index < -0.39 is 0 Å². The summed E-state index contributed by atoms with van der Waals surface area (Å²) in [5, 5.41) is 8.73. The maximum Gasteiger partial charge on any atom is 0.143 e. The number of hydrogen-bond donors (Lipinski definition) is 0. The smallest absolute Gasteiger partial charge is 0.143 e. The summed E-state index contributed by atoms with van der Waals surface area (Å²) >= 11 is 0. The second-order valence-electron chi connectivity index (χ2n) is 15.8. The SMILES string of the molecule is [2H]c1c([2H])c(N(c2ccc(-c3ccc4ccccc4c3)cc2)c2ccccc2-c2ccc3ccc4c5ccccc5oc4c3c2)c([2H])c([2H])c1-c1ccc(-c2cccc3ccccc23)cc1. The van der Waals surface area contributed by atoms with Crippen molar-refractivity contribution in [1.29, 1.82) is 0 Å². The van der Waals surface area contributed by atoms with Crippen molar-refractivity contribution in [3.8, 4) is 44.5 Å². The molecule has 0 aliphatic carbocycles. The van der Waals surface area contributed by atoms with E-state index in [2.05, 4.69) is 103 Å². The fraction of sp³-hybridized carbons (Fsp3) is 0. The van der Waals surface area contributed by atoms with Gasteiger partial charge >= 0.3 is 0 Å². The molecule has 2 nitrogen and oxygen atoms in total. The standard InChI is InChI=1S/C60H39NO/c1-2-12-47-38-48(26-22-40(47)10-1)43-30-35-51(36-31-43)61(50-33-28-42(29-34-50)41-20-23-45(24-21-41)53-17-9-13-44-11-3-4-14-52(44)53)58-18-7-5-15-54(58)49-27-25-46-32-37-56-55-16-6-8-19-59(55)62-60(56)57(46)39-49/h1-39H/i28D,29D,33D,34D. The predicted molar refractivity (Wildman–Crippen MR) is 263 cm³/mol. The number of fused-ring (bicyclic) bond motifs is 7. The summed E-state index contributed by atoms with van der Waals surface area (Å²) in [4.78, 5) is 1.89. The normalized spacial score (nSPS) is 12.5. The van der Waals surface area contributed by atoms with Gasteiger partial charge in [0.2, 0.25) is 0 Å². The molecule has 0 radical (unpaired) electrons. The Morgan fingerprint density at radius 1 is 0.323 bits per heavy atom. The number of rotatable bonds is 7. The van der Waals surface area contributed by atoms with Crippen LogP contribution in [0.25, 0.3) is 98.8 Å². The van der Waals surface area contributed by atoms with Gasteiger partial charge in [0.1, 0.15) is 11.2 Å². The van der Waals surface area contributed by atoms with Gasteiger partial charge in [0, 0.05) is 33.1 Å². The van der Waals surface area contributed by atoms with E-state index in [9.17, 15) is 5.48 Å². The van der Waals surface area contributed by atoms with E-state index in [1.807, 2.05) is 114 Å². The number of para-hydroxylation sites is 2. The fourth-order valence-corrected chi connectivity index (χ4v) is 9.00. The van der Waals surface area contributed by atoms with Crippen molar-refractivity contribution < 1.29 is 9.90 Å². The van der Waals surface area contributed by atoms with Crippen LogP contribution in [0.4, 0.5) is 17.1 Å². The Labute approximate surface area is 365 Å². The zero-order chi connectivity index (χ0) is 44.5. The lowest BCUT2D eigenvalue weighted by Gasteiger charge is -2.28. The summed E-state index contributed by atoms with van der Waals surface area (Å²) in [5.41, 5.74) is 10.0. The molecular formula is C60H39NO. The van der Waals surface area contributed by atoms with E-state index in [1.54, 1.807) is 0 Å². The molecular weight excluding hydrogens is 751 g/mol. The zero-order valence-electron chi connectivity index (χ0n) is 37.6. The Morgan fingerprint density at radius 3 is 1.76 bits per heavy atom. The lowest BCUT2D eigenvalue weighted by Crippen LogP contribution is -2.11. The molecule has 0 unspecified atom stereocenters. The molecule has 12 rings (SSSR count). The molecule has 290 valence electrons. The van der Waals surface area contributed by atoms with Crippen LogP contribution < -0.4 is 4.90 Å². The summed E-state index contributed by atoms with van der Waals surface area (Å²) in [6.45, 7) is 0. The fourth-order valence-electron chi connectivity index (χ4n) is 9.00. The van der Waals surface area contributed by atoms with Crippen LogP contribution in [0, 0.1) is 0 Å². The summed E-state index contributed by atoms with van der Waals surface area (Å²) in [5.74, 6) is 0. The van der Waals surface area contributed by atoms with Crippen LogP contribution in [0.2, 0.25) is 0 Å². The summed E-state index contributed by atoms with van der Waals surface area (Å²) in [7, 11) is 0. The van der Waals surface area contributed by atoms with Gasteiger partial charge in [0.15, 0.2) is 0 Å². The van der Waals surface area contributed by atoms with Crippen molar-refractivity contribution in [2.24, 2.45) is 0 Å². The quantitative estimate of drug-likeness (QED) is 0.160. The predicted octanol–water partition coefficient (Wildman–Crippen LogP) is 17.2. The average Bonchev–Trinajstić information content (AvgIpc) is 3.76. The first-order valence-electron chi connectivity index (χ1n) is 22.9. The molecule has 1 heterocycles. The van der Waals surface area contributed by atoms with Crippen molar-refractivity contribution in [1.82, 2.24) is 0 Å². The third-order valence-corrected chi connectivity index (χ3v) is 12.1. The molecule has 0 fully saturated rings. The molecule has 1 aromatic heterocycles. The minimum absolute atomic E-state index is 0.114. The second-order valence-corrected chi connectivity index (χ2v) is 15.8. The highest BCUT2D eigenvalue weighted by Crippen LogP contribution is 2.44. The van der Waals surface area contributed by atoms with Crippen molar-refractivity contribution in [2.75, 3.05) is 4.90 Å². The first-order valence-corrected chi connectivity index (χ1v) is 20.9. The van der Waals surface area contributed by atoms with Gasteiger partial charge in [-0.25, -0.2) is 0 Å². The Hall–Kier alpha value is -8.20. The van der Waals surface area contributed by atoms with Gasteiger partial charge in [-0.3, -0.25) is 0 Å². The third-order valence-electron chi connectivity index (χ3n) is 12.1. The number of anilines is 3. The monoisotopic (exact) mass is 793 g/mol. The molecule has 0 amide bonds. The van der Waals surface area contributed by atoms with Gasteiger partial charge in [-0.15, -0.1) is 0 Å². The lowest BCUT2D eigenvalue weighted by atomic mass is 9.96. The van der Waals surface area contributed by atoms with E-state index in [0.29, 0.717) is 16.9 Å². The van der Waals surface area contributed by atoms with Gasteiger partial charge < -0.3 is 9.32 Å². The Kier molecular flexibility index (Phi) is 7.57. The Morgan fingerprint density at radius 2 is 0.903 bits per heavy atom. The van der Waals surface area contributed by atoms with Crippen LogP contribution in [0.5, 0.6) is 0 Å². The van der Waals surface area contributed by atoms with E-state index >= 15 is 0 Å². The van der Waals surface area contributed by atoms with E-state index in [4.69, 9.17) is 4.42 Å². The van der Waals surface area contributed by atoms with Crippen LogP contribution >= 0.6 is 0 Å². The van der Waals surface area contributed by atoms with Crippen molar-refractivity contribution in [3.05, 3.63) is 236 Å². The number of hydrogen-bond acceptors (Lipinski definition) is 2. The molecule has 12 aromatic rings. The van der Waals surface area contributed by atoms with Crippen molar-refractivity contribution in [3.63, 3.8) is 0 Å². The highest BCUT2D eigenvalue weighted by atomic mass is 16.3. The number of benzene rings is 11. The van der Waals surface area contributed by atoms with E-state index in [0.717, 1.165) is 82.3 Å². The van der Waals surface area contributed by atoms with Gasteiger partial charge in [-0.05, 0) is 120 Å². The maximum absolute atomic E-state index is 9.75. The zero-order valence-corrected chi connectivity index (χ0v) is 33.6. The van der Waals surface area contributed by atoms with Crippen LogP contribution in [0.3, 0.4) is 0 Å². The summed E-state index contributed by atoms with van der Waals surface area (Å²) in [6.07, 6.45) is 0. The topological polar surface area (TPSA) is 16.4 Å². The molecule has 0 aliphatic rings. The first kappa shape index (κ1) is 31.7. The van der Waals surface area contributed by atoms with Crippen molar-refractivity contribution in [2.45, 2.75) is 0 Å². The highest BCUT2D eigenvalue weighted by Gasteiger charge is 2.19. The average molecular weight is 794 g/mol. The molecule has 62 heavy (non-hydrogen) atoms. The Balaban J connectivity index is 1.02. The third kappa shape index (κ3) is 6.20. The molecule has 0 saturated carbocycles. The summed E-state index contributed by atoms with van der Waals surface area (Å²) < 4.78 is 45.1.